The van der Waals surface area contributed by atoms with Gasteiger partial charge in [0.2, 0.25) is 0 Å². The van der Waals surface area contributed by atoms with Gasteiger partial charge in [0, 0.05) is 0 Å². The van der Waals surface area contributed by atoms with E-state index in [1.807, 2.05) is 0 Å². The Morgan fingerprint density at radius 3 is 2.77 bits per heavy atom. The molecule has 0 fully saturated rings. The van der Waals surface area contributed by atoms with E-state index in [0.29, 0.717) is 17.4 Å². The van der Waals surface area contributed by atoms with Crippen LogP contribution in [0.15, 0.2) is 18.2 Å². The monoisotopic (exact) mass is 176 g/mol. The van der Waals surface area contributed by atoms with Crippen molar-refractivity contribution in [3.8, 4) is 0 Å². The third-order valence-electron chi connectivity index (χ3n) is 1.80. The fourth-order valence-corrected chi connectivity index (χ4v) is 1.10. The number of carbonyl (C=O) groups is 1. The van der Waals surface area contributed by atoms with E-state index in [1.54, 1.807) is 13.0 Å². The molecule has 0 saturated carbocycles. The van der Waals surface area contributed by atoms with Gasteiger partial charge < -0.3 is 0 Å². The summed E-state index contributed by atoms with van der Waals surface area (Å²) in [6.45, 7) is 6.79. The molecule has 0 aliphatic heterocycles. The number of carbonyl (C=O) groups excluding carboxylic acids is 1. The van der Waals surface area contributed by atoms with Gasteiger partial charge in [-0.1, -0.05) is 0 Å². The van der Waals surface area contributed by atoms with Crippen LogP contribution in [0.5, 0.6) is 0 Å². The first-order chi connectivity index (χ1) is 6.17. The Morgan fingerprint density at radius 1 is 1.54 bits per heavy atom. The Morgan fingerprint density at radius 2 is 2.23 bits per heavy atom. The van der Waals surface area contributed by atoms with Crippen molar-refractivity contribution in [3.63, 3.8) is 0 Å². The fraction of sp³-hybridized carbons (Fsp3) is 0.200. The van der Waals surface area contributed by atoms with Crippen LogP contribution < -0.4 is 5.46 Å². The minimum atomic E-state index is -0.394. The Bertz CT molecular complexity index is 347. The van der Waals surface area contributed by atoms with E-state index in [2.05, 4.69) is 6.47 Å². The first kappa shape index (κ1) is 9.84. The average Bonchev–Trinajstić information content (AvgIpc) is 2.15. The second-order valence-corrected chi connectivity index (χ2v) is 2.75. The van der Waals surface area contributed by atoms with Crippen LogP contribution in [-0.2, 0) is 0 Å². The number of ketones is 1. The normalized spacial score (nSPS) is 9.38. The molecule has 0 unspecified atom stereocenters. The van der Waals surface area contributed by atoms with Gasteiger partial charge in [0.1, 0.15) is 0 Å². The number of benzene rings is 1. The molecule has 1 rings (SSSR count). The van der Waals surface area contributed by atoms with Crippen LogP contribution in [-0.4, -0.2) is 19.2 Å². The molecule has 0 aliphatic carbocycles. The van der Waals surface area contributed by atoms with Crippen molar-refractivity contribution in [2.45, 2.75) is 13.3 Å². The second-order valence-electron chi connectivity index (χ2n) is 2.75. The van der Waals surface area contributed by atoms with Crippen molar-refractivity contribution >= 4 is 24.6 Å². The van der Waals surface area contributed by atoms with Gasteiger partial charge in [0.25, 0.3) is 0 Å². The zero-order valence-corrected chi connectivity index (χ0v) is 7.51. The van der Waals surface area contributed by atoms with Gasteiger partial charge in [0.05, 0.1) is 0 Å². The quantitative estimate of drug-likeness (QED) is 0.499. The predicted molar refractivity (Wildman–Crippen MR) is 53.5 cm³/mol. The third kappa shape index (κ3) is 2.34. The van der Waals surface area contributed by atoms with Crippen LogP contribution in [0.2, 0.25) is 0 Å². The van der Waals surface area contributed by atoms with Crippen LogP contribution in [0.1, 0.15) is 23.7 Å². The van der Waals surface area contributed by atoms with Crippen molar-refractivity contribution in [2.24, 2.45) is 0 Å². The topological polar surface area (TPSA) is 17.1 Å². The van der Waals surface area contributed by atoms with E-state index in [9.17, 15) is 9.18 Å². The van der Waals surface area contributed by atoms with Crippen molar-refractivity contribution in [3.05, 3.63) is 29.6 Å². The Labute approximate surface area is 77.5 Å². The summed E-state index contributed by atoms with van der Waals surface area (Å²) in [5.41, 5.74) is 1.05. The fourth-order valence-electron chi connectivity index (χ4n) is 1.10. The molecule has 0 spiro atoms. The van der Waals surface area contributed by atoms with E-state index in [4.69, 9.17) is 0 Å². The van der Waals surface area contributed by atoms with E-state index in [1.165, 1.54) is 19.1 Å². The summed E-state index contributed by atoms with van der Waals surface area (Å²) in [6, 6.07) is 4.24. The molecule has 3 heteroatoms. The van der Waals surface area contributed by atoms with Crippen molar-refractivity contribution in [1.82, 2.24) is 0 Å². The zero-order valence-electron chi connectivity index (χ0n) is 7.51. The molecule has 0 aliphatic rings. The molecule has 0 saturated heterocycles. The molecule has 0 heterocycles. The van der Waals surface area contributed by atoms with Gasteiger partial charge in [0.15, 0.2) is 0 Å². The molecule has 66 valence electrons. The second kappa shape index (κ2) is 4.12. The summed E-state index contributed by atoms with van der Waals surface area (Å²) in [4.78, 5) is 11.2. The number of hydrogen-bond donors (Lipinski definition) is 0. The summed E-state index contributed by atoms with van der Waals surface area (Å²) in [6.07, 6.45) is 0.389. The molecule has 13 heavy (non-hydrogen) atoms. The molecule has 0 amide bonds. The summed E-state index contributed by atoms with van der Waals surface area (Å²) in [5, 5.41) is 0. The maximum absolute atomic E-state index is 12.9. The van der Waals surface area contributed by atoms with Gasteiger partial charge in [-0.3, -0.25) is 0 Å². The molecule has 0 bridgehead atoms. The molecule has 0 aromatic heterocycles. The summed E-state index contributed by atoms with van der Waals surface area (Å²) in [5.74, 6) is -0.447. The van der Waals surface area contributed by atoms with Crippen LogP contribution >= 0.6 is 0 Å². The average molecular weight is 176 g/mol. The van der Waals surface area contributed by atoms with E-state index < -0.39 is 5.82 Å². The third-order valence-corrected chi connectivity index (χ3v) is 1.80. The molecule has 0 atom stereocenters. The van der Waals surface area contributed by atoms with Gasteiger partial charge >= 0.3 is 76.7 Å². The first-order valence-electron chi connectivity index (χ1n) is 4.13. The number of hydrogen-bond acceptors (Lipinski definition) is 1. The molecule has 0 radical (unpaired) electrons. The first-order valence-corrected chi connectivity index (χ1v) is 4.13. The number of halogens is 1. The Balaban J connectivity index is 3.15. The zero-order chi connectivity index (χ0) is 9.84. The summed E-state index contributed by atoms with van der Waals surface area (Å²) >= 11 is 0. The minimum absolute atomic E-state index is 0.0531. The van der Waals surface area contributed by atoms with Gasteiger partial charge in [-0.05, 0) is 0 Å². The van der Waals surface area contributed by atoms with Gasteiger partial charge in [-0.2, -0.15) is 0 Å². The van der Waals surface area contributed by atoms with Crippen LogP contribution in [0.3, 0.4) is 0 Å². The van der Waals surface area contributed by atoms with E-state index in [0.717, 1.165) is 0 Å². The molecule has 1 aromatic rings. The van der Waals surface area contributed by atoms with Gasteiger partial charge in [-0.25, -0.2) is 0 Å². The SMILES string of the molecule is C=Bc1cc(F)cc(C(=O)CC)c1. The van der Waals surface area contributed by atoms with Crippen molar-refractivity contribution < 1.29 is 9.18 Å². The number of rotatable bonds is 3. The molecule has 1 aromatic carbocycles. The standard InChI is InChI=1S/C10H10BFO/c1-3-10(13)7-4-8(11-2)6-9(12)5-7/h4-6H,2-3H2,1H3. The Kier molecular flexibility index (Phi) is 3.12. The molecule has 1 nitrogen and oxygen atoms in total. The van der Waals surface area contributed by atoms with Crippen LogP contribution in [0.25, 0.3) is 0 Å². The maximum atomic E-state index is 12.9. The van der Waals surface area contributed by atoms with Gasteiger partial charge in [-0.15, -0.1) is 0 Å². The molecular weight excluding hydrogens is 166 g/mol. The van der Waals surface area contributed by atoms with Crippen LogP contribution in [0, 0.1) is 5.82 Å². The Hall–Kier alpha value is -1.25. The molecular formula is C10H10BFO. The molecule has 0 N–H and O–H groups in total. The van der Waals surface area contributed by atoms with E-state index in [-0.39, 0.29) is 5.78 Å². The summed E-state index contributed by atoms with van der Waals surface area (Å²) in [7, 11) is 0. The number of Topliss-reactive ketones (excluding diaryl/α,β-unsaturated/α-hetero) is 1. The van der Waals surface area contributed by atoms with E-state index >= 15 is 0 Å². The van der Waals surface area contributed by atoms with Crippen molar-refractivity contribution in [2.75, 3.05) is 0 Å². The summed E-state index contributed by atoms with van der Waals surface area (Å²) < 4.78 is 12.9. The predicted octanol–water partition coefficient (Wildman–Crippen LogP) is 1.18. The van der Waals surface area contributed by atoms with Crippen LogP contribution in [0.4, 0.5) is 4.39 Å². The van der Waals surface area contributed by atoms with Crippen molar-refractivity contribution in [1.29, 1.82) is 0 Å².